The van der Waals surface area contributed by atoms with Gasteiger partial charge in [-0.25, -0.2) is 8.42 Å². The summed E-state index contributed by atoms with van der Waals surface area (Å²) in [5.74, 6) is -0.464. The van der Waals surface area contributed by atoms with Gasteiger partial charge >= 0.3 is 5.69 Å². The van der Waals surface area contributed by atoms with Gasteiger partial charge in [-0.1, -0.05) is 11.6 Å². The summed E-state index contributed by atoms with van der Waals surface area (Å²) in [4.78, 5) is 22.9. The SMILES string of the molecule is COc1cc(Cl)c(C)cc1NC(=O)COc1ccc(S(=O)(=O)N2CCCC2)cc1[N+](=O)[O-]. The van der Waals surface area contributed by atoms with Crippen molar-refractivity contribution in [1.29, 1.82) is 0 Å². The first-order valence-electron chi connectivity index (χ1n) is 9.69. The minimum atomic E-state index is -3.83. The molecule has 0 unspecified atom stereocenters. The molecule has 0 atom stereocenters. The summed E-state index contributed by atoms with van der Waals surface area (Å²) < 4.78 is 37.2. The van der Waals surface area contributed by atoms with E-state index in [9.17, 15) is 23.3 Å². The van der Waals surface area contributed by atoms with Crippen LogP contribution in [0.4, 0.5) is 11.4 Å². The number of halogens is 1. The third-order valence-electron chi connectivity index (χ3n) is 4.94. The van der Waals surface area contributed by atoms with Gasteiger partial charge in [-0.15, -0.1) is 0 Å². The Hall–Kier alpha value is -2.89. The van der Waals surface area contributed by atoms with Crippen LogP contribution in [0.25, 0.3) is 0 Å². The van der Waals surface area contributed by atoms with E-state index in [1.807, 2.05) is 0 Å². The topological polar surface area (TPSA) is 128 Å². The smallest absolute Gasteiger partial charge is 0.312 e. The molecule has 0 aliphatic carbocycles. The molecule has 1 heterocycles. The average molecular weight is 484 g/mol. The van der Waals surface area contributed by atoms with E-state index < -0.39 is 33.1 Å². The summed E-state index contributed by atoms with van der Waals surface area (Å²) in [6.07, 6.45) is 1.49. The van der Waals surface area contributed by atoms with Gasteiger partial charge in [-0.3, -0.25) is 14.9 Å². The highest BCUT2D eigenvalue weighted by Gasteiger charge is 2.30. The van der Waals surface area contributed by atoms with Crippen LogP contribution in [-0.4, -0.2) is 50.4 Å². The maximum atomic E-state index is 12.7. The molecule has 32 heavy (non-hydrogen) atoms. The quantitative estimate of drug-likeness (QED) is 0.450. The largest absolute Gasteiger partial charge is 0.495 e. The molecule has 10 nitrogen and oxygen atoms in total. The van der Waals surface area contributed by atoms with Crippen molar-refractivity contribution < 1.29 is 27.6 Å². The van der Waals surface area contributed by atoms with E-state index in [0.717, 1.165) is 18.9 Å². The fourth-order valence-electron chi connectivity index (χ4n) is 3.26. The zero-order valence-electron chi connectivity index (χ0n) is 17.5. The second kappa shape index (κ2) is 9.72. The molecule has 1 amide bonds. The second-order valence-electron chi connectivity index (χ2n) is 7.14. The number of methoxy groups -OCH3 is 1. The number of rotatable bonds is 8. The zero-order chi connectivity index (χ0) is 23.5. The van der Waals surface area contributed by atoms with Crippen LogP contribution < -0.4 is 14.8 Å². The molecule has 0 saturated carbocycles. The number of nitro groups is 1. The fourth-order valence-corrected chi connectivity index (χ4v) is 4.95. The number of nitrogens with zero attached hydrogens (tertiary/aromatic N) is 2. The lowest BCUT2D eigenvalue weighted by atomic mass is 10.2. The van der Waals surface area contributed by atoms with Gasteiger partial charge < -0.3 is 14.8 Å². The molecule has 1 saturated heterocycles. The maximum Gasteiger partial charge on any atom is 0.312 e. The van der Waals surface area contributed by atoms with Gasteiger partial charge in [-0.05, 0) is 43.5 Å². The molecule has 12 heteroatoms. The minimum Gasteiger partial charge on any atom is -0.495 e. The normalized spacial score (nSPS) is 14.2. The number of amides is 1. The van der Waals surface area contributed by atoms with Crippen LogP contribution in [0.3, 0.4) is 0 Å². The summed E-state index contributed by atoms with van der Waals surface area (Å²) in [6, 6.07) is 6.55. The van der Waals surface area contributed by atoms with Gasteiger partial charge in [0.15, 0.2) is 12.4 Å². The predicted molar refractivity (Wildman–Crippen MR) is 118 cm³/mol. The monoisotopic (exact) mass is 483 g/mol. The second-order valence-corrected chi connectivity index (χ2v) is 9.48. The first-order chi connectivity index (χ1) is 15.1. The van der Waals surface area contributed by atoms with Gasteiger partial charge in [0.05, 0.1) is 22.6 Å². The van der Waals surface area contributed by atoms with Crippen molar-refractivity contribution in [2.24, 2.45) is 0 Å². The van der Waals surface area contributed by atoms with E-state index in [1.165, 1.54) is 23.5 Å². The third-order valence-corrected chi connectivity index (χ3v) is 7.25. The molecule has 172 valence electrons. The van der Waals surface area contributed by atoms with E-state index in [0.29, 0.717) is 35.1 Å². The molecule has 1 aliphatic heterocycles. The van der Waals surface area contributed by atoms with Crippen LogP contribution in [-0.2, 0) is 14.8 Å². The average Bonchev–Trinajstić information content (AvgIpc) is 3.30. The van der Waals surface area contributed by atoms with Crippen molar-refractivity contribution in [3.8, 4) is 11.5 Å². The number of sulfonamides is 1. The van der Waals surface area contributed by atoms with Crippen LogP contribution in [0, 0.1) is 17.0 Å². The first kappa shape index (κ1) is 23.8. The number of anilines is 1. The third kappa shape index (κ3) is 5.12. The highest BCUT2D eigenvalue weighted by molar-refractivity contribution is 7.89. The fraction of sp³-hybridized carbons (Fsp3) is 0.350. The van der Waals surface area contributed by atoms with E-state index in [2.05, 4.69) is 5.32 Å². The van der Waals surface area contributed by atoms with E-state index >= 15 is 0 Å². The molecule has 0 spiro atoms. The zero-order valence-corrected chi connectivity index (χ0v) is 19.0. The van der Waals surface area contributed by atoms with Gasteiger partial charge in [-0.2, -0.15) is 4.31 Å². The van der Waals surface area contributed by atoms with Crippen LogP contribution in [0.15, 0.2) is 35.2 Å². The molecule has 0 aromatic heterocycles. The summed E-state index contributed by atoms with van der Waals surface area (Å²) in [6.45, 7) is 1.98. The number of aryl methyl sites for hydroxylation is 1. The molecule has 2 aromatic rings. The number of carbonyl (C=O) groups excluding carboxylic acids is 1. The lowest BCUT2D eigenvalue weighted by molar-refractivity contribution is -0.386. The lowest BCUT2D eigenvalue weighted by Gasteiger charge is -2.16. The minimum absolute atomic E-state index is 0.190. The molecule has 2 aromatic carbocycles. The van der Waals surface area contributed by atoms with Gasteiger partial charge in [0.2, 0.25) is 10.0 Å². The molecule has 1 aliphatic rings. The van der Waals surface area contributed by atoms with Crippen LogP contribution in [0.1, 0.15) is 18.4 Å². The summed E-state index contributed by atoms with van der Waals surface area (Å²) >= 11 is 6.05. The Bertz CT molecular complexity index is 1150. The molecule has 0 bridgehead atoms. The van der Waals surface area contributed by atoms with Gasteiger partial charge in [0.1, 0.15) is 5.75 Å². The number of hydrogen-bond donors (Lipinski definition) is 1. The van der Waals surface area contributed by atoms with Crippen LogP contribution in [0.2, 0.25) is 5.02 Å². The van der Waals surface area contributed by atoms with E-state index in [1.54, 1.807) is 19.1 Å². The summed E-state index contributed by atoms with van der Waals surface area (Å²) in [7, 11) is -2.40. The molecule has 0 radical (unpaired) electrons. The maximum absolute atomic E-state index is 12.7. The highest BCUT2D eigenvalue weighted by Crippen LogP contribution is 2.33. The van der Waals surface area contributed by atoms with Crippen molar-refractivity contribution in [2.45, 2.75) is 24.7 Å². The lowest BCUT2D eigenvalue weighted by Crippen LogP contribution is -2.28. The number of ether oxygens (including phenoxy) is 2. The van der Waals surface area contributed by atoms with Gasteiger partial charge in [0, 0.05) is 30.2 Å². The summed E-state index contributed by atoms with van der Waals surface area (Å²) in [5, 5.41) is 14.6. The Morgan fingerprint density at radius 3 is 2.53 bits per heavy atom. The molecule has 3 rings (SSSR count). The van der Waals surface area contributed by atoms with Crippen molar-refractivity contribution in [2.75, 3.05) is 32.1 Å². The Kier molecular flexibility index (Phi) is 7.22. The molecular formula is C20H22ClN3O7S. The number of nitrogens with one attached hydrogen (secondary N) is 1. The Balaban J connectivity index is 1.75. The number of benzene rings is 2. The first-order valence-corrected chi connectivity index (χ1v) is 11.5. The standard InChI is InChI=1S/C20H22ClN3O7S/c1-13-9-16(19(30-2)11-15(13)21)22-20(25)12-31-18-6-5-14(10-17(18)24(26)27)32(28,29)23-7-3-4-8-23/h5-6,9-11H,3-4,7-8,12H2,1-2H3,(H,22,25). The number of nitro benzene ring substituents is 1. The Morgan fingerprint density at radius 2 is 1.91 bits per heavy atom. The van der Waals surface area contributed by atoms with Crippen molar-refractivity contribution in [3.63, 3.8) is 0 Å². The van der Waals surface area contributed by atoms with E-state index in [-0.39, 0.29) is 10.6 Å². The molecular weight excluding hydrogens is 462 g/mol. The van der Waals surface area contributed by atoms with Crippen molar-refractivity contribution in [1.82, 2.24) is 4.31 Å². The molecule has 1 N–H and O–H groups in total. The Morgan fingerprint density at radius 1 is 1.22 bits per heavy atom. The van der Waals surface area contributed by atoms with Crippen LogP contribution in [0.5, 0.6) is 11.5 Å². The summed E-state index contributed by atoms with van der Waals surface area (Å²) in [5.41, 5.74) is 0.539. The number of carbonyl (C=O) groups is 1. The van der Waals surface area contributed by atoms with Crippen molar-refractivity contribution >= 4 is 38.9 Å². The van der Waals surface area contributed by atoms with Crippen LogP contribution >= 0.6 is 11.6 Å². The predicted octanol–water partition coefficient (Wildman–Crippen LogP) is 3.37. The number of hydrogen-bond acceptors (Lipinski definition) is 7. The Labute approximate surface area is 190 Å². The van der Waals surface area contributed by atoms with E-state index in [4.69, 9.17) is 21.1 Å². The molecule has 1 fully saturated rings. The van der Waals surface area contributed by atoms with Crippen molar-refractivity contribution in [3.05, 3.63) is 51.0 Å². The van der Waals surface area contributed by atoms with Gasteiger partial charge in [0.25, 0.3) is 5.91 Å². The highest BCUT2D eigenvalue weighted by atomic mass is 35.5.